The molecule has 0 aliphatic heterocycles. The maximum atomic E-state index is 12.9. The molecule has 0 bridgehead atoms. The van der Waals surface area contributed by atoms with Crippen molar-refractivity contribution in [1.82, 2.24) is 4.31 Å². The first-order valence-corrected chi connectivity index (χ1v) is 7.79. The van der Waals surface area contributed by atoms with Crippen LogP contribution in [-0.4, -0.2) is 19.8 Å². The van der Waals surface area contributed by atoms with Crippen LogP contribution < -0.4 is 0 Å². The molecule has 2 rings (SSSR count). The first kappa shape index (κ1) is 16.6. The Labute approximate surface area is 126 Å². The highest BCUT2D eigenvalue weighted by Crippen LogP contribution is 2.29. The molecule has 22 heavy (non-hydrogen) atoms. The van der Waals surface area contributed by atoms with Crippen LogP contribution in [0.5, 0.6) is 0 Å². The lowest BCUT2D eigenvalue weighted by Crippen LogP contribution is -2.29. The van der Waals surface area contributed by atoms with Gasteiger partial charge in [-0.1, -0.05) is 12.1 Å². The summed E-state index contributed by atoms with van der Waals surface area (Å²) < 4.78 is 68.3. The normalized spacial score (nSPS) is 13.8. The maximum Gasteiger partial charge on any atom is 0.295 e. The van der Waals surface area contributed by atoms with Crippen LogP contribution in [0, 0.1) is 5.82 Å². The Hall–Kier alpha value is -1.80. The lowest BCUT2D eigenvalue weighted by atomic mass is 10.1. The van der Waals surface area contributed by atoms with E-state index in [1.54, 1.807) is 6.92 Å². The predicted octanol–water partition coefficient (Wildman–Crippen LogP) is 3.74. The number of alkyl halides is 2. The van der Waals surface area contributed by atoms with Crippen molar-refractivity contribution in [1.29, 1.82) is 0 Å². The predicted molar refractivity (Wildman–Crippen MR) is 73.4 cm³/mol. The molecule has 4 nitrogen and oxygen atoms in total. The van der Waals surface area contributed by atoms with E-state index in [-0.39, 0.29) is 0 Å². The Kier molecular flexibility index (Phi) is 4.62. The van der Waals surface area contributed by atoms with Crippen LogP contribution >= 0.6 is 0 Å². The van der Waals surface area contributed by atoms with Crippen molar-refractivity contribution >= 4 is 10.0 Å². The van der Waals surface area contributed by atoms with Crippen molar-refractivity contribution in [2.75, 3.05) is 7.05 Å². The molecule has 2 aromatic rings. The summed E-state index contributed by atoms with van der Waals surface area (Å²) in [5.74, 6) is -1.14. The molecule has 0 aliphatic carbocycles. The van der Waals surface area contributed by atoms with Crippen molar-refractivity contribution in [3.63, 3.8) is 0 Å². The molecule has 0 radical (unpaired) electrons. The molecule has 0 aliphatic rings. The minimum absolute atomic E-state index is 0.436. The van der Waals surface area contributed by atoms with Crippen LogP contribution in [0.3, 0.4) is 0 Å². The van der Waals surface area contributed by atoms with Crippen LogP contribution in [0.25, 0.3) is 0 Å². The summed E-state index contributed by atoms with van der Waals surface area (Å²) in [6.07, 6.45) is -2.89. The Morgan fingerprint density at radius 2 is 1.68 bits per heavy atom. The molecule has 0 amide bonds. The molecule has 1 heterocycles. The first-order valence-electron chi connectivity index (χ1n) is 6.35. The van der Waals surface area contributed by atoms with Gasteiger partial charge in [-0.15, -0.1) is 0 Å². The topological polar surface area (TPSA) is 50.5 Å². The molecule has 1 atom stereocenters. The lowest BCUT2D eigenvalue weighted by Gasteiger charge is -2.23. The largest absolute Gasteiger partial charge is 0.442 e. The van der Waals surface area contributed by atoms with Gasteiger partial charge in [0, 0.05) is 13.1 Å². The number of furan rings is 1. The Bertz CT molecular complexity index is 741. The van der Waals surface area contributed by atoms with Crippen molar-refractivity contribution in [3.8, 4) is 0 Å². The molecule has 0 N–H and O–H groups in total. The highest BCUT2D eigenvalue weighted by molar-refractivity contribution is 7.89. The van der Waals surface area contributed by atoms with Gasteiger partial charge >= 0.3 is 0 Å². The van der Waals surface area contributed by atoms with Crippen LogP contribution in [0.15, 0.2) is 45.9 Å². The van der Waals surface area contributed by atoms with E-state index >= 15 is 0 Å². The Morgan fingerprint density at radius 1 is 1.09 bits per heavy atom. The van der Waals surface area contributed by atoms with Gasteiger partial charge in [0.15, 0.2) is 5.76 Å². The molecule has 0 saturated carbocycles. The lowest BCUT2D eigenvalue weighted by molar-refractivity contribution is 0.115. The average Bonchev–Trinajstić information content (AvgIpc) is 2.97. The molecule has 0 saturated heterocycles. The molecule has 120 valence electrons. The third-order valence-corrected chi connectivity index (χ3v) is 5.15. The zero-order valence-corrected chi connectivity index (χ0v) is 12.6. The van der Waals surface area contributed by atoms with Gasteiger partial charge in [0.25, 0.3) is 16.4 Å². The van der Waals surface area contributed by atoms with Gasteiger partial charge in [0.2, 0.25) is 5.09 Å². The second-order valence-electron chi connectivity index (χ2n) is 4.71. The van der Waals surface area contributed by atoms with E-state index in [0.29, 0.717) is 5.56 Å². The van der Waals surface area contributed by atoms with E-state index < -0.39 is 39.2 Å². The smallest absolute Gasteiger partial charge is 0.295 e. The van der Waals surface area contributed by atoms with Crippen molar-refractivity contribution in [2.24, 2.45) is 0 Å². The van der Waals surface area contributed by atoms with Gasteiger partial charge in [0.1, 0.15) is 5.82 Å². The fourth-order valence-corrected chi connectivity index (χ4v) is 3.16. The highest BCUT2D eigenvalue weighted by atomic mass is 32.2. The zero-order valence-electron chi connectivity index (χ0n) is 11.8. The van der Waals surface area contributed by atoms with Crippen molar-refractivity contribution in [2.45, 2.75) is 24.5 Å². The molecule has 0 spiro atoms. The zero-order chi connectivity index (χ0) is 16.5. The summed E-state index contributed by atoms with van der Waals surface area (Å²) in [6.45, 7) is 1.60. The molecule has 0 fully saturated rings. The molecule has 0 unspecified atom stereocenters. The number of nitrogens with zero attached hydrogens (tertiary/aromatic N) is 1. The molecule has 8 heteroatoms. The van der Waals surface area contributed by atoms with Gasteiger partial charge < -0.3 is 4.42 Å². The first-order chi connectivity index (χ1) is 10.2. The fourth-order valence-electron chi connectivity index (χ4n) is 1.89. The van der Waals surface area contributed by atoms with Gasteiger partial charge in [-0.05, 0) is 36.8 Å². The quantitative estimate of drug-likeness (QED) is 0.837. The number of hydrogen-bond acceptors (Lipinski definition) is 3. The van der Waals surface area contributed by atoms with Gasteiger partial charge in [-0.3, -0.25) is 0 Å². The van der Waals surface area contributed by atoms with Crippen LogP contribution in [0.1, 0.15) is 30.7 Å². The van der Waals surface area contributed by atoms with Gasteiger partial charge in [0.05, 0.1) is 0 Å². The van der Waals surface area contributed by atoms with E-state index in [4.69, 9.17) is 4.42 Å². The second kappa shape index (κ2) is 6.13. The number of rotatable bonds is 5. The summed E-state index contributed by atoms with van der Waals surface area (Å²) in [6, 6.07) is 6.64. The number of hydrogen-bond donors (Lipinski definition) is 0. The summed E-state index contributed by atoms with van der Waals surface area (Å²) in [5, 5.41) is -0.556. The van der Waals surface area contributed by atoms with E-state index in [0.717, 1.165) is 16.4 Å². The molecular formula is C14H14F3NO3S. The number of halogens is 3. The molecule has 1 aromatic heterocycles. The van der Waals surface area contributed by atoms with E-state index in [1.165, 1.54) is 31.3 Å². The third-order valence-electron chi connectivity index (χ3n) is 3.35. The van der Waals surface area contributed by atoms with Gasteiger partial charge in [-0.2, -0.15) is 4.31 Å². The van der Waals surface area contributed by atoms with Crippen molar-refractivity contribution < 1.29 is 26.0 Å². The maximum absolute atomic E-state index is 12.9. The minimum Gasteiger partial charge on any atom is -0.442 e. The Morgan fingerprint density at radius 3 is 2.18 bits per heavy atom. The van der Waals surface area contributed by atoms with E-state index in [2.05, 4.69) is 0 Å². The van der Waals surface area contributed by atoms with Crippen molar-refractivity contribution in [3.05, 3.63) is 53.5 Å². The SMILES string of the molecule is C[C@H](c1ccc(F)cc1)N(C)S(=O)(=O)c1ccc(C(F)F)o1. The summed E-state index contributed by atoms with van der Waals surface area (Å²) >= 11 is 0. The number of sulfonamides is 1. The summed E-state index contributed by atoms with van der Waals surface area (Å²) in [5.41, 5.74) is 0.563. The third kappa shape index (κ3) is 3.17. The van der Waals surface area contributed by atoms with E-state index in [1.807, 2.05) is 0 Å². The number of benzene rings is 1. The van der Waals surface area contributed by atoms with Crippen LogP contribution in [0.2, 0.25) is 0 Å². The summed E-state index contributed by atoms with van der Waals surface area (Å²) in [4.78, 5) is 0. The monoisotopic (exact) mass is 333 g/mol. The molecule has 1 aromatic carbocycles. The standard InChI is InChI=1S/C14H14F3NO3S/c1-9(10-3-5-11(15)6-4-10)18(2)22(19,20)13-8-7-12(21-13)14(16)17/h3-9,14H,1-2H3/t9-/m1/s1. The second-order valence-corrected chi connectivity index (χ2v) is 6.63. The van der Waals surface area contributed by atoms with Crippen LogP contribution in [0.4, 0.5) is 13.2 Å². The molecular weight excluding hydrogens is 319 g/mol. The highest BCUT2D eigenvalue weighted by Gasteiger charge is 2.30. The van der Waals surface area contributed by atoms with Gasteiger partial charge in [-0.25, -0.2) is 21.6 Å². The fraction of sp³-hybridized carbons (Fsp3) is 0.286. The Balaban J connectivity index is 2.29. The van der Waals surface area contributed by atoms with E-state index in [9.17, 15) is 21.6 Å². The summed E-state index contributed by atoms with van der Waals surface area (Å²) in [7, 11) is -2.77. The minimum atomic E-state index is -4.07. The van der Waals surface area contributed by atoms with Crippen LogP contribution in [-0.2, 0) is 10.0 Å². The average molecular weight is 333 g/mol.